The smallest absolute Gasteiger partial charge is 0.254 e. The molecule has 1 rings (SSSR count). The Bertz CT molecular complexity index is 305. The van der Waals surface area contributed by atoms with E-state index in [1.54, 1.807) is 0 Å². The molecule has 88 valence electrons. The quantitative estimate of drug-likeness (QED) is 0.473. The number of unbranched alkanes of at least 4 members (excludes halogenated alkanes) is 3. The molecule has 0 unspecified atom stereocenters. The molecule has 0 fully saturated rings. The minimum absolute atomic E-state index is 0.0884. The van der Waals surface area contributed by atoms with Gasteiger partial charge in [0.2, 0.25) is 0 Å². The largest absolute Gasteiger partial charge is 0.352 e. The molecule has 1 amide bonds. The lowest BCUT2D eigenvalue weighted by atomic mass is 10.2. The van der Waals surface area contributed by atoms with Gasteiger partial charge in [-0.25, -0.2) is 9.97 Å². The van der Waals surface area contributed by atoms with Gasteiger partial charge in [-0.1, -0.05) is 35.4 Å². The molecule has 0 aliphatic carbocycles. The molecule has 0 spiro atoms. The first-order chi connectivity index (χ1) is 7.84. The van der Waals surface area contributed by atoms with E-state index >= 15 is 0 Å². The summed E-state index contributed by atoms with van der Waals surface area (Å²) in [4.78, 5) is 19.1. The van der Waals surface area contributed by atoms with E-state index in [0.29, 0.717) is 5.56 Å². The van der Waals surface area contributed by atoms with Crippen LogP contribution in [0.25, 0.3) is 0 Å². The van der Waals surface area contributed by atoms with Crippen LogP contribution in [0.15, 0.2) is 18.7 Å². The fraction of sp³-hybridized carbons (Fsp3) is 0.545. The van der Waals surface area contributed by atoms with Gasteiger partial charge in [0.05, 0.1) is 5.56 Å². The molecule has 4 nitrogen and oxygen atoms in total. The summed E-state index contributed by atoms with van der Waals surface area (Å²) >= 11 is 2.38. The van der Waals surface area contributed by atoms with Crippen molar-refractivity contribution in [2.45, 2.75) is 25.7 Å². The van der Waals surface area contributed by atoms with Crippen molar-refractivity contribution in [2.24, 2.45) is 0 Å². The number of carbonyl (C=O) groups is 1. The van der Waals surface area contributed by atoms with Crippen LogP contribution in [0.3, 0.4) is 0 Å². The van der Waals surface area contributed by atoms with E-state index in [0.717, 1.165) is 13.0 Å². The zero-order chi connectivity index (χ0) is 11.6. The highest BCUT2D eigenvalue weighted by molar-refractivity contribution is 14.1. The number of nitrogens with one attached hydrogen (secondary N) is 1. The van der Waals surface area contributed by atoms with Crippen LogP contribution in [-0.2, 0) is 0 Å². The lowest BCUT2D eigenvalue weighted by Crippen LogP contribution is -2.24. The molecular formula is C11H16IN3O. The highest BCUT2D eigenvalue weighted by atomic mass is 127. The maximum Gasteiger partial charge on any atom is 0.254 e. The van der Waals surface area contributed by atoms with Crippen LogP contribution in [0.2, 0.25) is 0 Å². The van der Waals surface area contributed by atoms with Crippen molar-refractivity contribution >= 4 is 28.5 Å². The molecule has 1 heterocycles. The first-order valence-electron chi connectivity index (χ1n) is 5.44. The molecular weight excluding hydrogens is 317 g/mol. The van der Waals surface area contributed by atoms with Crippen molar-refractivity contribution in [2.75, 3.05) is 11.0 Å². The standard InChI is InChI=1S/C11H16IN3O/c12-5-3-1-2-4-6-15-11(16)10-7-13-9-14-8-10/h7-9H,1-6H2,(H,15,16). The Morgan fingerprint density at radius 2 is 1.88 bits per heavy atom. The summed E-state index contributed by atoms with van der Waals surface area (Å²) in [7, 11) is 0. The van der Waals surface area contributed by atoms with E-state index in [2.05, 4.69) is 37.9 Å². The van der Waals surface area contributed by atoms with Gasteiger partial charge in [-0.05, 0) is 17.3 Å². The van der Waals surface area contributed by atoms with Gasteiger partial charge in [0, 0.05) is 18.9 Å². The molecule has 0 saturated heterocycles. The molecule has 1 aromatic heterocycles. The molecule has 5 heteroatoms. The minimum atomic E-state index is -0.0884. The topological polar surface area (TPSA) is 54.9 Å². The third-order valence-electron chi connectivity index (χ3n) is 2.17. The fourth-order valence-corrected chi connectivity index (χ4v) is 1.83. The van der Waals surface area contributed by atoms with Crippen molar-refractivity contribution in [1.29, 1.82) is 0 Å². The highest BCUT2D eigenvalue weighted by Crippen LogP contribution is 2.01. The SMILES string of the molecule is O=C(NCCCCCCI)c1cncnc1. The summed E-state index contributed by atoms with van der Waals surface area (Å²) < 4.78 is 1.21. The van der Waals surface area contributed by atoms with E-state index in [1.165, 1.54) is 42.4 Å². The van der Waals surface area contributed by atoms with Gasteiger partial charge >= 0.3 is 0 Å². The van der Waals surface area contributed by atoms with Crippen molar-refractivity contribution in [3.8, 4) is 0 Å². The summed E-state index contributed by atoms with van der Waals surface area (Å²) in [6.07, 6.45) is 9.19. The molecule has 0 aromatic carbocycles. The van der Waals surface area contributed by atoms with Gasteiger partial charge in [-0.3, -0.25) is 4.79 Å². The normalized spacial score (nSPS) is 10.1. The number of aromatic nitrogens is 2. The van der Waals surface area contributed by atoms with E-state index in [1.807, 2.05) is 0 Å². The van der Waals surface area contributed by atoms with Crippen LogP contribution in [0.4, 0.5) is 0 Å². The third-order valence-corrected chi connectivity index (χ3v) is 2.93. The number of alkyl halides is 1. The van der Waals surface area contributed by atoms with E-state index in [-0.39, 0.29) is 5.91 Å². The molecule has 0 aliphatic rings. The first kappa shape index (κ1) is 13.3. The van der Waals surface area contributed by atoms with Crippen LogP contribution in [0.5, 0.6) is 0 Å². The Balaban J connectivity index is 2.12. The molecule has 0 atom stereocenters. The fourth-order valence-electron chi connectivity index (χ4n) is 1.29. The summed E-state index contributed by atoms with van der Waals surface area (Å²) in [6.45, 7) is 0.731. The number of halogens is 1. The van der Waals surface area contributed by atoms with Gasteiger partial charge in [0.15, 0.2) is 0 Å². The second-order valence-corrected chi connectivity index (χ2v) is 4.56. The van der Waals surface area contributed by atoms with Gasteiger partial charge in [-0.15, -0.1) is 0 Å². The van der Waals surface area contributed by atoms with Gasteiger partial charge < -0.3 is 5.32 Å². The highest BCUT2D eigenvalue weighted by Gasteiger charge is 2.03. The lowest BCUT2D eigenvalue weighted by molar-refractivity contribution is 0.0952. The molecule has 0 bridgehead atoms. The van der Waals surface area contributed by atoms with E-state index in [9.17, 15) is 4.79 Å². The van der Waals surface area contributed by atoms with Crippen molar-refractivity contribution in [3.05, 3.63) is 24.3 Å². The van der Waals surface area contributed by atoms with E-state index in [4.69, 9.17) is 0 Å². The zero-order valence-electron chi connectivity index (χ0n) is 9.16. The third kappa shape index (κ3) is 5.39. The number of hydrogen-bond donors (Lipinski definition) is 1. The summed E-state index contributed by atoms with van der Waals surface area (Å²) in [5.41, 5.74) is 0.523. The van der Waals surface area contributed by atoms with Crippen LogP contribution >= 0.6 is 22.6 Å². The van der Waals surface area contributed by atoms with Crippen LogP contribution in [0, 0.1) is 0 Å². The Hall–Kier alpha value is -0.720. The number of amides is 1. The molecule has 0 radical (unpaired) electrons. The maximum absolute atomic E-state index is 11.5. The number of hydrogen-bond acceptors (Lipinski definition) is 3. The summed E-state index contributed by atoms with van der Waals surface area (Å²) in [5.74, 6) is -0.0884. The molecule has 0 aliphatic heterocycles. The van der Waals surface area contributed by atoms with Gasteiger partial charge in [0.25, 0.3) is 5.91 Å². The van der Waals surface area contributed by atoms with Crippen molar-refractivity contribution < 1.29 is 4.79 Å². The summed E-state index contributed by atoms with van der Waals surface area (Å²) in [6, 6.07) is 0. The second-order valence-electron chi connectivity index (χ2n) is 3.49. The Labute approximate surface area is 109 Å². The average Bonchev–Trinajstić information content (AvgIpc) is 2.34. The Morgan fingerprint density at radius 1 is 1.19 bits per heavy atom. The van der Waals surface area contributed by atoms with Crippen molar-refractivity contribution in [3.63, 3.8) is 0 Å². The first-order valence-corrected chi connectivity index (χ1v) is 6.96. The Morgan fingerprint density at radius 3 is 2.56 bits per heavy atom. The number of nitrogens with zero attached hydrogens (tertiary/aromatic N) is 2. The van der Waals surface area contributed by atoms with E-state index < -0.39 is 0 Å². The Kier molecular flexibility index (Phi) is 7.03. The second kappa shape index (κ2) is 8.43. The van der Waals surface area contributed by atoms with Crippen LogP contribution in [0.1, 0.15) is 36.0 Å². The number of rotatable bonds is 7. The van der Waals surface area contributed by atoms with Crippen molar-refractivity contribution in [1.82, 2.24) is 15.3 Å². The average molecular weight is 333 g/mol. The monoisotopic (exact) mass is 333 g/mol. The minimum Gasteiger partial charge on any atom is -0.352 e. The zero-order valence-corrected chi connectivity index (χ0v) is 11.3. The van der Waals surface area contributed by atoms with Gasteiger partial charge in [0.1, 0.15) is 6.33 Å². The van der Waals surface area contributed by atoms with Crippen LogP contribution < -0.4 is 5.32 Å². The summed E-state index contributed by atoms with van der Waals surface area (Å²) in [5, 5.41) is 2.86. The molecule has 0 saturated carbocycles. The predicted molar refractivity (Wildman–Crippen MR) is 71.7 cm³/mol. The maximum atomic E-state index is 11.5. The predicted octanol–water partition coefficient (Wildman–Crippen LogP) is 2.20. The molecule has 1 N–H and O–H groups in total. The lowest BCUT2D eigenvalue weighted by Gasteiger charge is -2.03. The number of carbonyl (C=O) groups excluding carboxylic acids is 1. The van der Waals surface area contributed by atoms with Crippen LogP contribution in [-0.4, -0.2) is 26.8 Å². The molecule has 1 aromatic rings. The van der Waals surface area contributed by atoms with Gasteiger partial charge in [-0.2, -0.15) is 0 Å². The molecule has 16 heavy (non-hydrogen) atoms.